The number of benzene rings is 1. The number of aryl methyl sites for hydroxylation is 1. The number of aromatic nitrogens is 4. The van der Waals surface area contributed by atoms with E-state index in [0.29, 0.717) is 24.5 Å². The van der Waals surface area contributed by atoms with E-state index in [4.69, 9.17) is 15.2 Å². The number of amides is 2. The number of nitrogen functional groups attached to an aromatic ring is 1. The number of nitrogens with one attached hydrogen (secondary N) is 1. The molecule has 11 heteroatoms. The zero-order valence-corrected chi connectivity index (χ0v) is 19.6. The minimum absolute atomic E-state index is 0.0391. The van der Waals surface area contributed by atoms with Crippen LogP contribution in [0.1, 0.15) is 24.8 Å². The largest absolute Gasteiger partial charge is 0.489 e. The van der Waals surface area contributed by atoms with Gasteiger partial charge in [-0.3, -0.25) is 14.3 Å². The number of nitrogens with two attached hydrogens (primary N) is 1. The van der Waals surface area contributed by atoms with Gasteiger partial charge in [0.15, 0.2) is 0 Å². The van der Waals surface area contributed by atoms with Crippen molar-refractivity contribution in [2.45, 2.75) is 38.8 Å². The van der Waals surface area contributed by atoms with Crippen LogP contribution in [-0.4, -0.2) is 62.3 Å². The molecule has 0 bridgehead atoms. The number of rotatable bonds is 9. The van der Waals surface area contributed by atoms with Crippen molar-refractivity contribution in [3.05, 3.63) is 54.7 Å². The normalized spacial score (nSPS) is 15.5. The van der Waals surface area contributed by atoms with Crippen molar-refractivity contribution in [3.8, 4) is 11.6 Å². The molecule has 1 atom stereocenters. The summed E-state index contributed by atoms with van der Waals surface area (Å²) in [6.45, 7) is 3.45. The SMILES string of the molecule is Cc1ccc(O[C@H]2CCCN(C(=O)Cn3cc(NC(=O)CCOc4ncncc4N)cn3)C2)cc1. The molecule has 1 aliphatic rings. The first kappa shape index (κ1) is 24.0. The molecule has 3 N–H and O–H groups in total. The van der Waals surface area contributed by atoms with Crippen LogP contribution in [0, 0.1) is 6.92 Å². The third-order valence-electron chi connectivity index (χ3n) is 5.54. The molecule has 0 saturated carbocycles. The topological polar surface area (TPSA) is 137 Å². The molecule has 2 aromatic heterocycles. The van der Waals surface area contributed by atoms with Crippen LogP contribution in [0.3, 0.4) is 0 Å². The van der Waals surface area contributed by atoms with Gasteiger partial charge >= 0.3 is 0 Å². The number of ether oxygens (including phenoxy) is 2. The maximum absolute atomic E-state index is 12.8. The minimum Gasteiger partial charge on any atom is -0.489 e. The van der Waals surface area contributed by atoms with Gasteiger partial charge in [0.25, 0.3) is 0 Å². The van der Waals surface area contributed by atoms with Crippen molar-refractivity contribution in [2.75, 3.05) is 30.7 Å². The monoisotopic (exact) mass is 479 g/mol. The number of nitrogens with zero attached hydrogens (tertiary/aromatic N) is 5. The van der Waals surface area contributed by atoms with E-state index in [9.17, 15) is 9.59 Å². The molecule has 0 unspecified atom stereocenters. The van der Waals surface area contributed by atoms with Crippen LogP contribution >= 0.6 is 0 Å². The van der Waals surface area contributed by atoms with Gasteiger partial charge in [0, 0.05) is 12.7 Å². The van der Waals surface area contributed by atoms with Crippen molar-refractivity contribution in [2.24, 2.45) is 0 Å². The third-order valence-corrected chi connectivity index (χ3v) is 5.54. The summed E-state index contributed by atoms with van der Waals surface area (Å²) < 4.78 is 13.0. The lowest BCUT2D eigenvalue weighted by atomic mass is 10.1. The highest BCUT2D eigenvalue weighted by molar-refractivity contribution is 5.90. The lowest BCUT2D eigenvalue weighted by Crippen LogP contribution is -2.45. The average molecular weight is 480 g/mol. The predicted octanol–water partition coefficient (Wildman–Crippen LogP) is 2.04. The lowest BCUT2D eigenvalue weighted by Gasteiger charge is -2.33. The van der Waals surface area contributed by atoms with Crippen molar-refractivity contribution in [1.29, 1.82) is 0 Å². The number of likely N-dealkylation sites (tertiary alicyclic amines) is 1. The summed E-state index contributed by atoms with van der Waals surface area (Å²) >= 11 is 0. The Morgan fingerprint density at radius 1 is 1.23 bits per heavy atom. The molecule has 184 valence electrons. The Morgan fingerprint density at radius 3 is 2.86 bits per heavy atom. The van der Waals surface area contributed by atoms with Crippen molar-refractivity contribution in [3.63, 3.8) is 0 Å². The van der Waals surface area contributed by atoms with Crippen LogP contribution in [0.4, 0.5) is 11.4 Å². The number of hydrogen-bond acceptors (Lipinski definition) is 8. The fourth-order valence-corrected chi connectivity index (χ4v) is 3.74. The van der Waals surface area contributed by atoms with E-state index in [1.54, 1.807) is 11.1 Å². The predicted molar refractivity (Wildman–Crippen MR) is 129 cm³/mol. The molecule has 3 aromatic rings. The zero-order valence-electron chi connectivity index (χ0n) is 19.6. The summed E-state index contributed by atoms with van der Waals surface area (Å²) in [7, 11) is 0. The second kappa shape index (κ2) is 11.3. The quantitative estimate of drug-likeness (QED) is 0.476. The van der Waals surface area contributed by atoms with Gasteiger partial charge < -0.3 is 25.4 Å². The summed E-state index contributed by atoms with van der Waals surface area (Å²) in [5, 5.41) is 6.94. The smallest absolute Gasteiger partial charge is 0.244 e. The van der Waals surface area contributed by atoms with E-state index in [1.807, 2.05) is 31.2 Å². The van der Waals surface area contributed by atoms with Crippen LogP contribution in [-0.2, 0) is 16.1 Å². The van der Waals surface area contributed by atoms with Gasteiger partial charge in [-0.25, -0.2) is 9.97 Å². The molecule has 3 heterocycles. The first-order chi connectivity index (χ1) is 17.0. The molecule has 1 saturated heterocycles. The Kier molecular flexibility index (Phi) is 7.76. The van der Waals surface area contributed by atoms with E-state index in [0.717, 1.165) is 18.6 Å². The molecule has 0 aliphatic carbocycles. The summed E-state index contributed by atoms with van der Waals surface area (Å²) in [6.07, 6.45) is 7.74. The van der Waals surface area contributed by atoms with Crippen LogP contribution in [0.5, 0.6) is 11.6 Å². The first-order valence-electron chi connectivity index (χ1n) is 11.5. The first-order valence-corrected chi connectivity index (χ1v) is 11.5. The molecule has 1 fully saturated rings. The Balaban J connectivity index is 1.22. The Morgan fingerprint density at radius 2 is 2.06 bits per heavy atom. The summed E-state index contributed by atoms with van der Waals surface area (Å²) in [4.78, 5) is 34.5. The van der Waals surface area contributed by atoms with E-state index in [1.165, 1.54) is 29.0 Å². The molecule has 0 radical (unpaired) electrons. The molecular formula is C24H29N7O4. The lowest BCUT2D eigenvalue weighted by molar-refractivity contribution is -0.134. The summed E-state index contributed by atoms with van der Waals surface area (Å²) in [5.74, 6) is 0.756. The fourth-order valence-electron chi connectivity index (χ4n) is 3.74. The highest BCUT2D eigenvalue weighted by atomic mass is 16.5. The van der Waals surface area contributed by atoms with Gasteiger partial charge in [-0.05, 0) is 31.9 Å². The van der Waals surface area contributed by atoms with Gasteiger partial charge in [0.05, 0.1) is 37.7 Å². The van der Waals surface area contributed by atoms with Gasteiger partial charge in [-0.15, -0.1) is 0 Å². The van der Waals surface area contributed by atoms with E-state index in [2.05, 4.69) is 20.4 Å². The average Bonchev–Trinajstić information content (AvgIpc) is 3.28. The fraction of sp³-hybridized carbons (Fsp3) is 0.375. The second-order valence-corrected chi connectivity index (χ2v) is 8.39. The van der Waals surface area contributed by atoms with Gasteiger partial charge in [-0.2, -0.15) is 5.10 Å². The molecule has 11 nitrogen and oxygen atoms in total. The van der Waals surface area contributed by atoms with Gasteiger partial charge in [0.1, 0.15) is 30.4 Å². The van der Waals surface area contributed by atoms with Gasteiger partial charge in [0.2, 0.25) is 17.7 Å². The highest BCUT2D eigenvalue weighted by Crippen LogP contribution is 2.20. The van der Waals surface area contributed by atoms with E-state index >= 15 is 0 Å². The highest BCUT2D eigenvalue weighted by Gasteiger charge is 2.25. The van der Waals surface area contributed by atoms with Crippen LogP contribution < -0.4 is 20.5 Å². The molecule has 1 aromatic carbocycles. The third kappa shape index (κ3) is 6.92. The van der Waals surface area contributed by atoms with Crippen LogP contribution in [0.2, 0.25) is 0 Å². The van der Waals surface area contributed by atoms with E-state index in [-0.39, 0.29) is 43.4 Å². The Hall–Kier alpha value is -4.15. The minimum atomic E-state index is -0.254. The second-order valence-electron chi connectivity index (χ2n) is 8.39. The molecule has 2 amide bonds. The number of carbonyl (C=O) groups excluding carboxylic acids is 2. The summed E-state index contributed by atoms with van der Waals surface area (Å²) in [6, 6.07) is 7.92. The summed E-state index contributed by atoms with van der Waals surface area (Å²) in [5.41, 5.74) is 7.69. The number of piperidine rings is 1. The van der Waals surface area contributed by atoms with Crippen LogP contribution in [0.25, 0.3) is 0 Å². The molecule has 0 spiro atoms. The molecular weight excluding hydrogens is 450 g/mol. The number of carbonyl (C=O) groups is 2. The standard InChI is InChI=1S/C24H29N7O4/c1-17-4-6-19(7-5-17)35-20-3-2-9-30(14-20)23(33)15-31-13-18(11-28-31)29-22(32)8-10-34-24-21(25)12-26-16-27-24/h4-7,11-13,16,20H,2-3,8-10,14-15,25H2,1H3,(H,29,32)/t20-/m0/s1. The van der Waals surface area contributed by atoms with Crippen LogP contribution in [0.15, 0.2) is 49.2 Å². The van der Waals surface area contributed by atoms with Gasteiger partial charge in [-0.1, -0.05) is 17.7 Å². The number of anilines is 2. The Bertz CT molecular complexity index is 1150. The zero-order chi connectivity index (χ0) is 24.6. The molecule has 4 rings (SSSR count). The maximum atomic E-state index is 12.8. The maximum Gasteiger partial charge on any atom is 0.244 e. The Labute approximate surface area is 203 Å². The molecule has 1 aliphatic heterocycles. The number of hydrogen-bond donors (Lipinski definition) is 2. The van der Waals surface area contributed by atoms with Crippen molar-refractivity contribution in [1.82, 2.24) is 24.6 Å². The van der Waals surface area contributed by atoms with Crippen molar-refractivity contribution < 1.29 is 19.1 Å². The van der Waals surface area contributed by atoms with Crippen molar-refractivity contribution >= 4 is 23.2 Å². The van der Waals surface area contributed by atoms with E-state index < -0.39 is 0 Å². The molecule has 35 heavy (non-hydrogen) atoms.